The second kappa shape index (κ2) is 8.56. The van der Waals surface area contributed by atoms with Crippen LogP contribution in [0.5, 0.6) is 0 Å². The van der Waals surface area contributed by atoms with E-state index in [2.05, 4.69) is 0 Å². The van der Waals surface area contributed by atoms with Gasteiger partial charge < -0.3 is 0 Å². The Morgan fingerprint density at radius 1 is 1.08 bits per heavy atom. The summed E-state index contributed by atoms with van der Waals surface area (Å²) in [6, 6.07) is 4.79. The van der Waals surface area contributed by atoms with Gasteiger partial charge in [0.1, 0.15) is 0 Å². The SMILES string of the molecule is CCCCCN(CC(=O)NO)S(=O)(=O)c1ccc(S(C)(=O)=O)cc1. The number of benzene rings is 1. The van der Waals surface area contributed by atoms with Crippen LogP contribution in [0.15, 0.2) is 34.1 Å². The lowest BCUT2D eigenvalue weighted by Gasteiger charge is -2.21. The summed E-state index contributed by atoms with van der Waals surface area (Å²) in [6.45, 7) is 1.57. The van der Waals surface area contributed by atoms with Gasteiger partial charge in [-0.25, -0.2) is 22.3 Å². The highest BCUT2D eigenvalue weighted by Gasteiger charge is 2.26. The first-order chi connectivity index (χ1) is 11.1. The van der Waals surface area contributed by atoms with Crippen LogP contribution in [0.1, 0.15) is 26.2 Å². The molecule has 0 aliphatic carbocycles. The highest BCUT2D eigenvalue weighted by molar-refractivity contribution is 7.90. The lowest BCUT2D eigenvalue weighted by Crippen LogP contribution is -2.40. The lowest BCUT2D eigenvalue weighted by molar-refractivity contribution is -0.129. The zero-order valence-corrected chi connectivity index (χ0v) is 15.2. The number of hydroxylamine groups is 1. The van der Waals surface area contributed by atoms with Crippen molar-refractivity contribution in [1.82, 2.24) is 9.79 Å². The molecule has 0 atom stereocenters. The van der Waals surface area contributed by atoms with E-state index in [0.717, 1.165) is 23.4 Å². The molecule has 0 aliphatic rings. The molecule has 0 unspecified atom stereocenters. The fraction of sp³-hybridized carbons (Fsp3) is 0.500. The van der Waals surface area contributed by atoms with Crippen LogP contribution >= 0.6 is 0 Å². The molecular formula is C14H22N2O6S2. The molecule has 0 bridgehead atoms. The molecule has 0 saturated carbocycles. The number of unbranched alkanes of at least 4 members (excludes halogenated alkanes) is 2. The highest BCUT2D eigenvalue weighted by atomic mass is 32.2. The molecule has 1 amide bonds. The first kappa shape index (κ1) is 20.6. The number of sulfone groups is 1. The molecule has 10 heteroatoms. The molecule has 0 radical (unpaired) electrons. The average molecular weight is 378 g/mol. The fourth-order valence-corrected chi connectivity index (χ4v) is 4.09. The van der Waals surface area contributed by atoms with Crippen LogP contribution in [0.3, 0.4) is 0 Å². The predicted octanol–water partition coefficient (Wildman–Crippen LogP) is 0.776. The van der Waals surface area contributed by atoms with E-state index >= 15 is 0 Å². The Balaban J connectivity index is 3.11. The minimum atomic E-state index is -3.98. The number of nitrogens with one attached hydrogen (secondary N) is 1. The van der Waals surface area contributed by atoms with Crippen LogP contribution in [0, 0.1) is 0 Å². The van der Waals surface area contributed by atoms with Crippen LogP contribution in [-0.2, 0) is 24.7 Å². The van der Waals surface area contributed by atoms with Gasteiger partial charge in [-0.15, -0.1) is 0 Å². The molecule has 1 aromatic carbocycles. The standard InChI is InChI=1S/C14H22N2O6S2/c1-3-4-5-10-16(11-14(17)15-18)24(21,22)13-8-6-12(7-9-13)23(2,19)20/h6-9,18H,3-5,10-11H2,1-2H3,(H,15,17). The van der Waals surface area contributed by atoms with Crippen molar-refractivity contribution in [2.24, 2.45) is 0 Å². The number of hydrogen-bond donors (Lipinski definition) is 2. The first-order valence-corrected chi connectivity index (χ1v) is 10.7. The van der Waals surface area contributed by atoms with E-state index in [4.69, 9.17) is 5.21 Å². The zero-order valence-electron chi connectivity index (χ0n) is 13.6. The van der Waals surface area contributed by atoms with Crippen molar-refractivity contribution in [2.75, 3.05) is 19.3 Å². The number of sulfonamides is 1. The molecule has 2 N–H and O–H groups in total. The van der Waals surface area contributed by atoms with Crippen molar-refractivity contribution in [3.63, 3.8) is 0 Å². The van der Waals surface area contributed by atoms with Gasteiger partial charge in [-0.3, -0.25) is 10.0 Å². The van der Waals surface area contributed by atoms with Gasteiger partial charge in [0.2, 0.25) is 10.0 Å². The van der Waals surface area contributed by atoms with Gasteiger partial charge in [0.25, 0.3) is 5.91 Å². The van der Waals surface area contributed by atoms with Gasteiger partial charge in [-0.1, -0.05) is 19.8 Å². The topological polar surface area (TPSA) is 121 Å². The Kier molecular flexibility index (Phi) is 7.33. The van der Waals surface area contributed by atoms with E-state index in [1.165, 1.54) is 29.7 Å². The molecule has 0 saturated heterocycles. The van der Waals surface area contributed by atoms with Gasteiger partial charge in [0.15, 0.2) is 9.84 Å². The molecule has 1 aromatic rings. The summed E-state index contributed by atoms with van der Waals surface area (Å²) in [5, 5.41) is 8.63. The summed E-state index contributed by atoms with van der Waals surface area (Å²) in [5.74, 6) is -0.845. The van der Waals surface area contributed by atoms with E-state index in [9.17, 15) is 21.6 Å². The largest absolute Gasteiger partial charge is 0.289 e. The van der Waals surface area contributed by atoms with Crippen LogP contribution in [0.4, 0.5) is 0 Å². The van der Waals surface area contributed by atoms with Crippen LogP contribution in [-0.4, -0.2) is 51.6 Å². The summed E-state index contributed by atoms with van der Waals surface area (Å²) in [6.07, 6.45) is 3.26. The van der Waals surface area contributed by atoms with Crippen LogP contribution in [0.25, 0.3) is 0 Å². The molecule has 0 aliphatic heterocycles. The third-order valence-corrected chi connectivity index (χ3v) is 6.33. The van der Waals surface area contributed by atoms with E-state index in [-0.39, 0.29) is 16.3 Å². The monoisotopic (exact) mass is 378 g/mol. The summed E-state index contributed by atoms with van der Waals surface area (Å²) >= 11 is 0. The Bertz CT molecular complexity index is 757. The lowest BCUT2D eigenvalue weighted by atomic mass is 10.2. The van der Waals surface area contributed by atoms with Gasteiger partial charge in [-0.2, -0.15) is 4.31 Å². The summed E-state index contributed by atoms with van der Waals surface area (Å²) in [5.41, 5.74) is 1.41. The summed E-state index contributed by atoms with van der Waals surface area (Å²) in [4.78, 5) is 11.3. The molecule has 0 aromatic heterocycles. The van der Waals surface area contributed by atoms with Crippen LogP contribution < -0.4 is 5.48 Å². The van der Waals surface area contributed by atoms with Gasteiger partial charge in [-0.05, 0) is 30.7 Å². The van der Waals surface area contributed by atoms with Gasteiger partial charge >= 0.3 is 0 Å². The maximum Gasteiger partial charge on any atom is 0.258 e. The highest BCUT2D eigenvalue weighted by Crippen LogP contribution is 2.19. The molecule has 0 heterocycles. The van der Waals surface area contributed by atoms with Crippen molar-refractivity contribution >= 4 is 25.8 Å². The second-order valence-electron chi connectivity index (χ2n) is 5.32. The molecule has 1 rings (SSSR count). The number of nitrogens with zero attached hydrogens (tertiary/aromatic N) is 1. The van der Waals surface area contributed by atoms with Crippen molar-refractivity contribution in [3.8, 4) is 0 Å². The maximum absolute atomic E-state index is 12.7. The molecule has 24 heavy (non-hydrogen) atoms. The summed E-state index contributed by atoms with van der Waals surface area (Å²) in [7, 11) is -7.41. The zero-order chi connectivity index (χ0) is 18.4. The average Bonchev–Trinajstić information content (AvgIpc) is 2.53. The van der Waals surface area contributed by atoms with Gasteiger partial charge in [0.05, 0.1) is 16.3 Å². The smallest absolute Gasteiger partial charge is 0.258 e. The normalized spacial score (nSPS) is 12.3. The van der Waals surface area contributed by atoms with Crippen molar-refractivity contribution < 1.29 is 26.8 Å². The number of amides is 1. The minimum Gasteiger partial charge on any atom is -0.289 e. The Hall–Kier alpha value is -1.49. The number of carbonyl (C=O) groups excluding carboxylic acids is 1. The van der Waals surface area contributed by atoms with E-state index in [1.54, 1.807) is 0 Å². The second-order valence-corrected chi connectivity index (χ2v) is 9.28. The van der Waals surface area contributed by atoms with E-state index in [1.807, 2.05) is 6.92 Å². The Morgan fingerprint density at radius 3 is 2.08 bits per heavy atom. The van der Waals surface area contributed by atoms with Crippen molar-refractivity contribution in [2.45, 2.75) is 36.0 Å². The van der Waals surface area contributed by atoms with Crippen molar-refractivity contribution in [3.05, 3.63) is 24.3 Å². The van der Waals surface area contributed by atoms with Gasteiger partial charge in [0, 0.05) is 12.8 Å². The molecule has 8 nitrogen and oxygen atoms in total. The molecule has 0 spiro atoms. The Labute approximate surface area is 142 Å². The van der Waals surface area contributed by atoms with E-state index < -0.39 is 32.3 Å². The number of carbonyl (C=O) groups is 1. The fourth-order valence-electron chi connectivity index (χ4n) is 2.03. The minimum absolute atomic E-state index is 0.00656. The maximum atomic E-state index is 12.7. The number of rotatable bonds is 9. The predicted molar refractivity (Wildman–Crippen MR) is 87.8 cm³/mol. The van der Waals surface area contributed by atoms with E-state index in [0.29, 0.717) is 6.42 Å². The Morgan fingerprint density at radius 2 is 1.62 bits per heavy atom. The molecular weight excluding hydrogens is 356 g/mol. The van der Waals surface area contributed by atoms with Crippen LogP contribution in [0.2, 0.25) is 0 Å². The van der Waals surface area contributed by atoms with Crippen molar-refractivity contribution in [1.29, 1.82) is 0 Å². The third-order valence-electron chi connectivity index (χ3n) is 3.35. The summed E-state index contributed by atoms with van der Waals surface area (Å²) < 4.78 is 49.2. The third kappa shape index (κ3) is 5.55. The molecule has 0 fully saturated rings. The quantitative estimate of drug-likeness (QED) is 0.372. The molecule has 136 valence electrons. The first-order valence-electron chi connectivity index (χ1n) is 7.36. The number of hydrogen-bond acceptors (Lipinski definition) is 6.